The average molecular weight is 368 g/mol. The molecule has 26 heavy (non-hydrogen) atoms. The predicted molar refractivity (Wildman–Crippen MR) is 90.5 cm³/mol. The van der Waals surface area contributed by atoms with Crippen LogP contribution in [0.4, 0.5) is 13.2 Å². The number of halogens is 3. The summed E-state index contributed by atoms with van der Waals surface area (Å²) < 4.78 is 39.1. The van der Waals surface area contributed by atoms with Crippen LogP contribution in [0, 0.1) is 6.92 Å². The number of carbonyl (C=O) groups excluding carboxylic acids is 1. The molecule has 8 heteroatoms. The van der Waals surface area contributed by atoms with E-state index in [0.29, 0.717) is 25.8 Å². The molecule has 2 N–H and O–H groups in total. The molecule has 142 valence electrons. The van der Waals surface area contributed by atoms with E-state index in [2.05, 4.69) is 10.2 Å². The molecule has 2 heterocycles. The summed E-state index contributed by atoms with van der Waals surface area (Å²) in [4.78, 5) is 14.1. The van der Waals surface area contributed by atoms with E-state index in [1.807, 2.05) is 31.2 Å². The number of alkyl halides is 3. The summed E-state index contributed by atoms with van der Waals surface area (Å²) >= 11 is 0. The molecule has 3 rings (SSSR count). The fraction of sp³-hybridized carbons (Fsp3) is 0.611. The quantitative estimate of drug-likeness (QED) is 0.836. The lowest BCUT2D eigenvalue weighted by atomic mass is 10.00. The summed E-state index contributed by atoms with van der Waals surface area (Å²) in [7, 11) is 0. The number of benzene rings is 1. The molecule has 0 radical (unpaired) electrons. The van der Waals surface area contributed by atoms with E-state index < -0.39 is 17.9 Å². The van der Waals surface area contributed by atoms with Gasteiger partial charge in [0.25, 0.3) is 5.66 Å². The Bertz CT molecular complexity index is 681. The van der Waals surface area contributed by atoms with E-state index in [4.69, 9.17) is 5.73 Å². The summed E-state index contributed by atoms with van der Waals surface area (Å²) in [6, 6.07) is 7.08. The van der Waals surface area contributed by atoms with Crippen molar-refractivity contribution in [3.63, 3.8) is 0 Å². The number of hydrogen-bond donors (Lipinski definition) is 1. The maximum absolute atomic E-state index is 13.0. The van der Waals surface area contributed by atoms with Crippen molar-refractivity contribution in [2.24, 2.45) is 16.0 Å². The van der Waals surface area contributed by atoms with E-state index in [1.54, 1.807) is 0 Å². The highest BCUT2D eigenvalue weighted by Gasteiger charge is 2.65. The molecule has 1 aromatic rings. The Morgan fingerprint density at radius 1 is 1.35 bits per heavy atom. The average Bonchev–Trinajstić information content (AvgIpc) is 3.20. The van der Waals surface area contributed by atoms with Crippen LogP contribution in [0.3, 0.4) is 0 Å². The third-order valence-corrected chi connectivity index (χ3v) is 5.07. The van der Waals surface area contributed by atoms with Crippen LogP contribution in [0.25, 0.3) is 0 Å². The maximum atomic E-state index is 13.0. The normalized spacial score (nSPS) is 22.5. The smallest absolute Gasteiger partial charge is 0.339 e. The minimum atomic E-state index is -4.49. The van der Waals surface area contributed by atoms with Crippen molar-refractivity contribution in [3.05, 3.63) is 35.4 Å². The van der Waals surface area contributed by atoms with Crippen molar-refractivity contribution < 1.29 is 18.0 Å². The van der Waals surface area contributed by atoms with Crippen LogP contribution < -0.4 is 5.73 Å². The first-order valence-electron chi connectivity index (χ1n) is 8.81. The Morgan fingerprint density at radius 3 is 2.58 bits per heavy atom. The van der Waals surface area contributed by atoms with E-state index >= 15 is 0 Å². The molecule has 1 amide bonds. The third kappa shape index (κ3) is 4.06. The largest absolute Gasteiger partial charge is 0.437 e. The van der Waals surface area contributed by atoms with Gasteiger partial charge in [0.15, 0.2) is 0 Å². The zero-order valence-corrected chi connectivity index (χ0v) is 14.7. The summed E-state index contributed by atoms with van der Waals surface area (Å²) in [5.41, 5.74) is 5.99. The van der Waals surface area contributed by atoms with Crippen LogP contribution >= 0.6 is 0 Å². The lowest BCUT2D eigenvalue weighted by molar-refractivity contribution is -0.169. The Hall–Kier alpha value is -1.96. The monoisotopic (exact) mass is 368 g/mol. The van der Waals surface area contributed by atoms with Gasteiger partial charge in [0.2, 0.25) is 5.91 Å². The Morgan fingerprint density at radius 2 is 2.00 bits per heavy atom. The van der Waals surface area contributed by atoms with Gasteiger partial charge in [-0.25, -0.2) is 0 Å². The zero-order valence-electron chi connectivity index (χ0n) is 14.7. The van der Waals surface area contributed by atoms with Gasteiger partial charge in [-0.05, 0) is 31.7 Å². The van der Waals surface area contributed by atoms with Gasteiger partial charge >= 0.3 is 6.18 Å². The Balaban J connectivity index is 1.55. The molecule has 5 nitrogen and oxygen atoms in total. The molecular formula is C18H23F3N4O. The molecule has 2 aliphatic heterocycles. The molecule has 1 unspecified atom stereocenters. The minimum Gasteiger partial charge on any atom is -0.339 e. The molecule has 0 spiro atoms. The van der Waals surface area contributed by atoms with Crippen molar-refractivity contribution in [1.29, 1.82) is 0 Å². The Labute approximate surface area is 150 Å². The standard InChI is InChI=1S/C18H23F3N4O/c1-12-4-6-13(7-5-12)9-14(22)10-16(26)25-8-2-3-15(25)11-17(23-24-17)18(19,20)21/h4-7,14-15H,2-3,8-11,22H2,1H3/t14-,15?/m1/s1. The van der Waals surface area contributed by atoms with Gasteiger partial charge in [0.1, 0.15) is 0 Å². The summed E-state index contributed by atoms with van der Waals surface area (Å²) in [5, 5.41) is 6.45. The van der Waals surface area contributed by atoms with Crippen molar-refractivity contribution in [1.82, 2.24) is 4.90 Å². The number of hydrogen-bond acceptors (Lipinski definition) is 4. The summed E-state index contributed by atoms with van der Waals surface area (Å²) in [6.07, 6.45) is -2.86. The summed E-state index contributed by atoms with van der Waals surface area (Å²) in [5.74, 6) is -0.190. The first kappa shape index (κ1) is 18.8. The fourth-order valence-corrected chi connectivity index (χ4v) is 3.52. The molecule has 0 aromatic heterocycles. The van der Waals surface area contributed by atoms with Crippen molar-refractivity contribution in [2.75, 3.05) is 6.54 Å². The number of amides is 1. The van der Waals surface area contributed by atoms with Crippen LogP contribution in [-0.2, 0) is 11.2 Å². The van der Waals surface area contributed by atoms with Crippen molar-refractivity contribution >= 4 is 5.91 Å². The molecule has 2 aliphatic rings. The molecule has 1 saturated heterocycles. The van der Waals surface area contributed by atoms with E-state index in [9.17, 15) is 18.0 Å². The van der Waals surface area contributed by atoms with Gasteiger partial charge in [0, 0.05) is 31.5 Å². The molecular weight excluding hydrogens is 345 g/mol. The molecule has 1 fully saturated rings. The highest BCUT2D eigenvalue weighted by molar-refractivity contribution is 5.77. The first-order valence-corrected chi connectivity index (χ1v) is 8.81. The van der Waals surface area contributed by atoms with E-state index in [-0.39, 0.29) is 24.8 Å². The molecule has 0 saturated carbocycles. The van der Waals surface area contributed by atoms with Gasteiger partial charge in [-0.3, -0.25) is 4.79 Å². The van der Waals surface area contributed by atoms with E-state index in [1.165, 1.54) is 4.90 Å². The van der Waals surface area contributed by atoms with Crippen LogP contribution in [0.5, 0.6) is 0 Å². The second kappa shape index (κ2) is 6.98. The first-order chi connectivity index (χ1) is 12.2. The Kier molecular flexibility index (Phi) is 5.05. The fourth-order valence-electron chi connectivity index (χ4n) is 3.52. The van der Waals surface area contributed by atoms with Gasteiger partial charge < -0.3 is 10.6 Å². The molecule has 0 bridgehead atoms. The number of rotatable bonds is 6. The number of carbonyl (C=O) groups is 1. The van der Waals surface area contributed by atoms with Gasteiger partial charge in [-0.1, -0.05) is 29.8 Å². The zero-order chi connectivity index (χ0) is 18.9. The number of likely N-dealkylation sites (tertiary alicyclic amines) is 1. The van der Waals surface area contributed by atoms with E-state index in [0.717, 1.165) is 11.1 Å². The second-order valence-corrected chi connectivity index (χ2v) is 7.26. The van der Waals surface area contributed by atoms with Crippen LogP contribution in [-0.4, -0.2) is 41.3 Å². The summed E-state index contributed by atoms with van der Waals surface area (Å²) in [6.45, 7) is 2.46. The van der Waals surface area contributed by atoms with Gasteiger partial charge in [0.05, 0.1) is 0 Å². The topological polar surface area (TPSA) is 71.1 Å². The van der Waals surface area contributed by atoms with Crippen molar-refractivity contribution in [2.45, 2.75) is 63.0 Å². The third-order valence-electron chi connectivity index (χ3n) is 5.07. The maximum Gasteiger partial charge on any atom is 0.437 e. The van der Waals surface area contributed by atoms with Crippen LogP contribution in [0.2, 0.25) is 0 Å². The lowest BCUT2D eigenvalue weighted by Gasteiger charge is -2.28. The minimum absolute atomic E-state index is 0.123. The SMILES string of the molecule is Cc1ccc(C[C@@H](N)CC(=O)N2CCCC2CC2(C(F)(F)F)N=N2)cc1. The molecule has 0 aliphatic carbocycles. The second-order valence-electron chi connectivity index (χ2n) is 7.26. The van der Waals surface area contributed by atoms with Crippen LogP contribution in [0.1, 0.15) is 36.8 Å². The van der Waals surface area contributed by atoms with Gasteiger partial charge in [-0.15, -0.1) is 10.2 Å². The predicted octanol–water partition coefficient (Wildman–Crippen LogP) is 3.36. The lowest BCUT2D eigenvalue weighted by Crippen LogP contribution is -2.44. The highest BCUT2D eigenvalue weighted by atomic mass is 19.4. The molecule has 2 atom stereocenters. The van der Waals surface area contributed by atoms with Crippen LogP contribution in [0.15, 0.2) is 34.5 Å². The molecule has 1 aromatic carbocycles. The van der Waals surface area contributed by atoms with Crippen molar-refractivity contribution in [3.8, 4) is 0 Å². The number of aryl methyl sites for hydroxylation is 1. The van der Waals surface area contributed by atoms with Gasteiger partial charge in [-0.2, -0.15) is 13.2 Å². The number of nitrogens with zero attached hydrogens (tertiary/aromatic N) is 3. The number of nitrogens with two attached hydrogens (primary N) is 1. The highest BCUT2D eigenvalue weighted by Crippen LogP contribution is 2.49.